The highest BCUT2D eigenvalue weighted by Gasteiger charge is 2.20. The summed E-state index contributed by atoms with van der Waals surface area (Å²) in [6.45, 7) is 6.90. The Hall–Kier alpha value is -2.58. The van der Waals surface area contributed by atoms with Gasteiger partial charge in [0.1, 0.15) is 6.10 Å². The smallest absolute Gasteiger partial charge is 0.251 e. The summed E-state index contributed by atoms with van der Waals surface area (Å²) in [5.74, 6) is 0.898. The van der Waals surface area contributed by atoms with Crippen molar-refractivity contribution in [3.8, 4) is 0 Å². The molecule has 1 heterocycles. The Morgan fingerprint density at radius 2 is 1.97 bits per heavy atom. The Morgan fingerprint density at radius 3 is 2.67 bits per heavy atom. The van der Waals surface area contributed by atoms with Gasteiger partial charge in [-0.05, 0) is 74.2 Å². The summed E-state index contributed by atoms with van der Waals surface area (Å²) in [7, 11) is 3.50. The second kappa shape index (κ2) is 14.9. The quantitative estimate of drug-likeness (QED) is 0.257. The number of nitrogens with one attached hydrogen (secondary N) is 3. The Morgan fingerprint density at radius 1 is 1.19 bits per heavy atom. The van der Waals surface area contributed by atoms with Crippen molar-refractivity contribution in [1.82, 2.24) is 16.0 Å². The zero-order valence-electron chi connectivity index (χ0n) is 21.2. The van der Waals surface area contributed by atoms with Crippen molar-refractivity contribution >= 4 is 17.5 Å². The Labute approximate surface area is 219 Å². The molecule has 1 aliphatic rings. The first kappa shape index (κ1) is 28.0. The van der Waals surface area contributed by atoms with Gasteiger partial charge in [-0.25, -0.2) is 0 Å². The number of hydrogen-bond acceptors (Lipinski definition) is 6. The number of hydrogen-bond donors (Lipinski definition) is 3. The SMILES string of the molecule is C=C(NCCOC(c1cccc(Cl)c1)c1cccc(C(=O)NC[C@H](C[C@H]2CCCOC2)NC)c1)OC. The van der Waals surface area contributed by atoms with Gasteiger partial charge in [-0.1, -0.05) is 35.9 Å². The van der Waals surface area contributed by atoms with E-state index in [9.17, 15) is 4.79 Å². The minimum absolute atomic E-state index is 0.111. The molecule has 3 atom stereocenters. The molecule has 8 heteroatoms. The largest absolute Gasteiger partial charge is 0.483 e. The molecule has 0 saturated carbocycles. The molecule has 1 fully saturated rings. The lowest BCUT2D eigenvalue weighted by Crippen LogP contribution is -2.41. The van der Waals surface area contributed by atoms with Crippen LogP contribution in [0.15, 0.2) is 61.0 Å². The lowest BCUT2D eigenvalue weighted by molar-refractivity contribution is 0.0478. The van der Waals surface area contributed by atoms with Gasteiger partial charge in [0.15, 0.2) is 5.88 Å². The molecule has 3 N–H and O–H groups in total. The van der Waals surface area contributed by atoms with Crippen molar-refractivity contribution in [2.75, 3.05) is 47.1 Å². The fourth-order valence-electron chi connectivity index (χ4n) is 4.35. The molecular weight excluding hydrogens is 478 g/mol. The first-order valence-corrected chi connectivity index (χ1v) is 12.8. The number of amides is 1. The maximum Gasteiger partial charge on any atom is 0.251 e. The maximum atomic E-state index is 13.0. The predicted molar refractivity (Wildman–Crippen MR) is 143 cm³/mol. The summed E-state index contributed by atoms with van der Waals surface area (Å²) in [5, 5.41) is 10.1. The van der Waals surface area contributed by atoms with Gasteiger partial charge in [-0.15, -0.1) is 0 Å². The predicted octanol–water partition coefficient (Wildman–Crippen LogP) is 4.29. The van der Waals surface area contributed by atoms with Gasteiger partial charge in [-0.2, -0.15) is 0 Å². The van der Waals surface area contributed by atoms with Crippen LogP contribution < -0.4 is 16.0 Å². The standard InChI is InChI=1S/C28H38ClN3O4/c1-20(34-3)31-12-14-36-27(23-9-5-11-25(29)17-23)22-8-4-10-24(16-22)28(33)32-18-26(30-2)15-21-7-6-13-35-19-21/h4-5,8-11,16-17,21,26-27,30-31H,1,6-7,12-15,18-19H2,2-3H3,(H,32,33)/t21-,26+,27?/m1/s1. The third kappa shape index (κ3) is 8.82. The van der Waals surface area contributed by atoms with Crippen LogP contribution in [0.4, 0.5) is 0 Å². The highest BCUT2D eigenvalue weighted by molar-refractivity contribution is 6.30. The number of carbonyl (C=O) groups is 1. The summed E-state index contributed by atoms with van der Waals surface area (Å²) in [5.41, 5.74) is 2.38. The van der Waals surface area contributed by atoms with Crippen molar-refractivity contribution in [3.05, 3.63) is 82.7 Å². The van der Waals surface area contributed by atoms with E-state index < -0.39 is 0 Å². The molecule has 1 unspecified atom stereocenters. The molecule has 1 amide bonds. The molecule has 0 radical (unpaired) electrons. The second-order valence-corrected chi connectivity index (χ2v) is 9.44. The van der Waals surface area contributed by atoms with Crippen LogP contribution in [-0.4, -0.2) is 59.0 Å². The van der Waals surface area contributed by atoms with Crippen LogP contribution in [0.5, 0.6) is 0 Å². The van der Waals surface area contributed by atoms with E-state index in [4.69, 9.17) is 25.8 Å². The fourth-order valence-corrected chi connectivity index (χ4v) is 4.55. The van der Waals surface area contributed by atoms with E-state index in [2.05, 4.69) is 22.5 Å². The van der Waals surface area contributed by atoms with Gasteiger partial charge in [0, 0.05) is 42.9 Å². The highest BCUT2D eigenvalue weighted by atomic mass is 35.5. The van der Waals surface area contributed by atoms with Crippen LogP contribution in [0.1, 0.15) is 46.9 Å². The molecule has 1 aliphatic heterocycles. The van der Waals surface area contributed by atoms with E-state index in [0.29, 0.717) is 42.1 Å². The van der Waals surface area contributed by atoms with Crippen molar-refractivity contribution in [2.45, 2.75) is 31.4 Å². The number of ether oxygens (including phenoxy) is 3. The average Bonchev–Trinajstić information content (AvgIpc) is 2.91. The van der Waals surface area contributed by atoms with Crippen LogP contribution in [-0.2, 0) is 14.2 Å². The Kier molecular flexibility index (Phi) is 11.6. The van der Waals surface area contributed by atoms with E-state index >= 15 is 0 Å². The molecular formula is C28H38ClN3O4. The van der Waals surface area contributed by atoms with Gasteiger partial charge in [-0.3, -0.25) is 4.79 Å². The molecule has 0 spiro atoms. The van der Waals surface area contributed by atoms with Crippen molar-refractivity contribution in [3.63, 3.8) is 0 Å². The molecule has 1 saturated heterocycles. The third-order valence-electron chi connectivity index (χ3n) is 6.35. The van der Waals surface area contributed by atoms with E-state index in [1.54, 1.807) is 7.11 Å². The Bertz CT molecular complexity index is 981. The van der Waals surface area contributed by atoms with E-state index in [1.807, 2.05) is 55.6 Å². The maximum absolute atomic E-state index is 13.0. The fraction of sp³-hybridized carbons (Fsp3) is 0.464. The van der Waals surface area contributed by atoms with Gasteiger partial charge < -0.3 is 30.2 Å². The number of likely N-dealkylation sites (N-methyl/N-ethyl adjacent to an activating group) is 1. The third-order valence-corrected chi connectivity index (χ3v) is 6.58. The molecule has 0 bridgehead atoms. The van der Waals surface area contributed by atoms with Crippen LogP contribution in [0, 0.1) is 5.92 Å². The minimum atomic E-state index is -0.384. The zero-order valence-corrected chi connectivity index (χ0v) is 22.0. The first-order valence-electron chi connectivity index (χ1n) is 12.5. The number of rotatable bonds is 14. The van der Waals surface area contributed by atoms with Crippen molar-refractivity contribution in [2.24, 2.45) is 5.92 Å². The average molecular weight is 516 g/mol. The van der Waals surface area contributed by atoms with Crippen LogP contribution in [0.2, 0.25) is 5.02 Å². The van der Waals surface area contributed by atoms with E-state index in [-0.39, 0.29) is 18.1 Å². The van der Waals surface area contributed by atoms with Crippen molar-refractivity contribution in [1.29, 1.82) is 0 Å². The lowest BCUT2D eigenvalue weighted by Gasteiger charge is -2.26. The van der Waals surface area contributed by atoms with Gasteiger partial charge in [0.25, 0.3) is 5.91 Å². The van der Waals surface area contributed by atoms with Crippen LogP contribution in [0.3, 0.4) is 0 Å². The summed E-state index contributed by atoms with van der Waals surface area (Å²) in [6, 6.07) is 15.3. The number of carbonyl (C=O) groups excluding carboxylic acids is 1. The highest BCUT2D eigenvalue weighted by Crippen LogP contribution is 2.28. The molecule has 36 heavy (non-hydrogen) atoms. The van der Waals surface area contributed by atoms with Crippen molar-refractivity contribution < 1.29 is 19.0 Å². The summed E-state index contributed by atoms with van der Waals surface area (Å²) < 4.78 is 16.9. The molecule has 0 aromatic heterocycles. The van der Waals surface area contributed by atoms with Crippen LogP contribution >= 0.6 is 11.6 Å². The number of methoxy groups -OCH3 is 1. The monoisotopic (exact) mass is 515 g/mol. The number of halogens is 1. The summed E-state index contributed by atoms with van der Waals surface area (Å²) in [4.78, 5) is 13.0. The minimum Gasteiger partial charge on any atom is -0.483 e. The molecule has 0 aliphatic carbocycles. The molecule has 3 rings (SSSR count). The topological polar surface area (TPSA) is 80.9 Å². The normalized spacial score (nSPS) is 17.1. The molecule has 196 valence electrons. The molecule has 2 aromatic carbocycles. The number of benzene rings is 2. The van der Waals surface area contributed by atoms with E-state index in [1.165, 1.54) is 6.42 Å². The molecule has 2 aromatic rings. The second-order valence-electron chi connectivity index (χ2n) is 9.00. The van der Waals surface area contributed by atoms with Crippen LogP contribution in [0.25, 0.3) is 0 Å². The lowest BCUT2D eigenvalue weighted by atomic mass is 9.94. The van der Waals surface area contributed by atoms with Gasteiger partial charge in [0.05, 0.1) is 13.7 Å². The summed E-state index contributed by atoms with van der Waals surface area (Å²) in [6.07, 6.45) is 2.87. The van der Waals surface area contributed by atoms with Gasteiger partial charge >= 0.3 is 0 Å². The van der Waals surface area contributed by atoms with Gasteiger partial charge in [0.2, 0.25) is 0 Å². The first-order chi connectivity index (χ1) is 17.5. The zero-order chi connectivity index (χ0) is 25.8. The van der Waals surface area contributed by atoms with E-state index in [0.717, 1.165) is 37.2 Å². The summed E-state index contributed by atoms with van der Waals surface area (Å²) >= 11 is 6.26. The Balaban J connectivity index is 1.66. The molecule has 7 nitrogen and oxygen atoms in total.